The number of H-pyrrole nitrogens is 2. The molecule has 0 spiro atoms. The lowest BCUT2D eigenvalue weighted by Crippen LogP contribution is -2.22. The summed E-state index contributed by atoms with van der Waals surface area (Å²) in [6.07, 6.45) is 8.68. The maximum Gasteiger partial charge on any atom is 0.139 e. The van der Waals surface area contributed by atoms with E-state index >= 15 is 0 Å². The molecule has 4 rings (SSSR count). The van der Waals surface area contributed by atoms with Crippen LogP contribution in [0.4, 0.5) is 5.69 Å². The number of hydrogen-bond acceptors (Lipinski definition) is 4. The van der Waals surface area contributed by atoms with E-state index in [0.717, 1.165) is 47.4 Å². The number of hydrogen-bond donors (Lipinski definition) is 4. The molecule has 6 nitrogen and oxygen atoms in total. The van der Waals surface area contributed by atoms with Crippen molar-refractivity contribution < 1.29 is 0 Å². The molecule has 6 heteroatoms. The fraction of sp³-hybridized carbons (Fsp3) is 0.286. The fourth-order valence-electron chi connectivity index (χ4n) is 2.76. The Morgan fingerprint density at radius 1 is 1.30 bits per heavy atom. The molecule has 4 heterocycles. The molecular weight excluding hydrogens is 252 g/mol. The van der Waals surface area contributed by atoms with Crippen LogP contribution in [0.25, 0.3) is 22.2 Å². The normalized spacial score (nSPS) is 18.7. The number of aromatic amines is 2. The van der Waals surface area contributed by atoms with Crippen molar-refractivity contribution in [1.29, 1.82) is 0 Å². The van der Waals surface area contributed by atoms with Crippen LogP contribution in [0.5, 0.6) is 0 Å². The van der Waals surface area contributed by atoms with Gasteiger partial charge in [0.25, 0.3) is 0 Å². The largest absolute Gasteiger partial charge is 0.380 e. The number of aromatic nitrogens is 4. The van der Waals surface area contributed by atoms with Crippen molar-refractivity contribution in [2.75, 3.05) is 18.4 Å². The first-order valence-electron chi connectivity index (χ1n) is 6.84. The first-order valence-corrected chi connectivity index (χ1v) is 6.84. The molecule has 0 aromatic carbocycles. The number of nitrogens with one attached hydrogen (secondary N) is 4. The predicted octanol–water partition coefficient (Wildman–Crippen LogP) is 1.73. The summed E-state index contributed by atoms with van der Waals surface area (Å²) in [5.74, 6) is 0. The highest BCUT2D eigenvalue weighted by Gasteiger charge is 2.18. The molecule has 0 aliphatic carbocycles. The second-order valence-electron chi connectivity index (χ2n) is 5.11. The Labute approximate surface area is 116 Å². The molecule has 1 aliphatic heterocycles. The summed E-state index contributed by atoms with van der Waals surface area (Å²) in [5.41, 5.74) is 4.17. The van der Waals surface area contributed by atoms with Crippen LogP contribution in [-0.2, 0) is 0 Å². The quantitative estimate of drug-likeness (QED) is 0.583. The third-order valence-corrected chi connectivity index (χ3v) is 3.80. The van der Waals surface area contributed by atoms with E-state index < -0.39 is 0 Å². The number of fused-ring (bicyclic) bond motifs is 1. The Bertz CT molecular complexity index is 708. The van der Waals surface area contributed by atoms with Gasteiger partial charge in [-0.15, -0.1) is 0 Å². The number of pyridine rings is 1. The minimum absolute atomic E-state index is 0.459. The molecule has 3 aromatic heterocycles. The topological polar surface area (TPSA) is 81.4 Å². The summed E-state index contributed by atoms with van der Waals surface area (Å²) < 4.78 is 0. The van der Waals surface area contributed by atoms with Crippen LogP contribution >= 0.6 is 0 Å². The van der Waals surface area contributed by atoms with Crippen molar-refractivity contribution in [1.82, 2.24) is 25.5 Å². The van der Waals surface area contributed by atoms with E-state index in [4.69, 9.17) is 0 Å². The van der Waals surface area contributed by atoms with Gasteiger partial charge >= 0.3 is 0 Å². The van der Waals surface area contributed by atoms with Crippen LogP contribution < -0.4 is 10.6 Å². The lowest BCUT2D eigenvalue weighted by atomic mass is 10.1. The van der Waals surface area contributed by atoms with Gasteiger partial charge in [0.2, 0.25) is 0 Å². The molecule has 20 heavy (non-hydrogen) atoms. The highest BCUT2D eigenvalue weighted by atomic mass is 15.1. The van der Waals surface area contributed by atoms with E-state index in [2.05, 4.69) is 36.9 Å². The van der Waals surface area contributed by atoms with Crippen molar-refractivity contribution >= 4 is 16.7 Å². The molecule has 0 amide bonds. The van der Waals surface area contributed by atoms with Gasteiger partial charge in [0.1, 0.15) is 5.65 Å². The van der Waals surface area contributed by atoms with E-state index in [1.54, 1.807) is 0 Å². The lowest BCUT2D eigenvalue weighted by molar-refractivity contribution is 0.795. The van der Waals surface area contributed by atoms with Gasteiger partial charge < -0.3 is 15.6 Å². The average molecular weight is 268 g/mol. The van der Waals surface area contributed by atoms with E-state index in [-0.39, 0.29) is 0 Å². The van der Waals surface area contributed by atoms with Gasteiger partial charge in [-0.25, -0.2) is 4.98 Å². The standard InChI is InChI=1S/C14H16N6/c1-3-15-7-10(1)20-13-11-2-4-16-14(11)17-8-12(13)9-5-18-19-6-9/h2,4-6,8,10,15H,1,3,7H2,(H,18,19)(H2,16,17,20)/t10-/m0/s1. The highest BCUT2D eigenvalue weighted by Crippen LogP contribution is 2.33. The minimum atomic E-state index is 0.459. The number of rotatable bonds is 3. The zero-order chi connectivity index (χ0) is 13.4. The third-order valence-electron chi connectivity index (χ3n) is 3.80. The van der Waals surface area contributed by atoms with Gasteiger partial charge in [-0.05, 0) is 19.0 Å². The first kappa shape index (κ1) is 11.5. The number of nitrogens with zero attached hydrogens (tertiary/aromatic N) is 2. The van der Waals surface area contributed by atoms with Crippen molar-refractivity contribution in [3.05, 3.63) is 30.9 Å². The lowest BCUT2D eigenvalue weighted by Gasteiger charge is -2.17. The van der Waals surface area contributed by atoms with Crippen LogP contribution in [-0.4, -0.2) is 39.3 Å². The Morgan fingerprint density at radius 2 is 2.30 bits per heavy atom. The third kappa shape index (κ3) is 1.85. The summed E-state index contributed by atoms with van der Waals surface area (Å²) in [6.45, 7) is 2.07. The summed E-state index contributed by atoms with van der Waals surface area (Å²) in [4.78, 5) is 7.65. The van der Waals surface area contributed by atoms with Crippen LogP contribution in [0.15, 0.2) is 30.9 Å². The zero-order valence-corrected chi connectivity index (χ0v) is 11.0. The molecular formula is C14H16N6. The highest BCUT2D eigenvalue weighted by molar-refractivity contribution is 5.98. The molecule has 0 radical (unpaired) electrons. The number of anilines is 1. The Balaban J connectivity index is 1.84. The molecule has 0 unspecified atom stereocenters. The van der Waals surface area contributed by atoms with E-state index in [9.17, 15) is 0 Å². The first-order chi connectivity index (χ1) is 9.92. The van der Waals surface area contributed by atoms with Crippen molar-refractivity contribution in [2.24, 2.45) is 0 Å². The minimum Gasteiger partial charge on any atom is -0.380 e. The van der Waals surface area contributed by atoms with Gasteiger partial charge in [-0.3, -0.25) is 5.10 Å². The van der Waals surface area contributed by atoms with Crippen molar-refractivity contribution in [2.45, 2.75) is 12.5 Å². The second-order valence-corrected chi connectivity index (χ2v) is 5.11. The van der Waals surface area contributed by atoms with Gasteiger partial charge in [-0.1, -0.05) is 0 Å². The Kier molecular flexibility index (Phi) is 2.67. The van der Waals surface area contributed by atoms with Gasteiger partial charge in [-0.2, -0.15) is 5.10 Å². The molecule has 1 saturated heterocycles. The van der Waals surface area contributed by atoms with Crippen molar-refractivity contribution in [3.8, 4) is 11.1 Å². The molecule has 0 saturated carbocycles. The monoisotopic (exact) mass is 268 g/mol. The Morgan fingerprint density at radius 3 is 3.10 bits per heavy atom. The smallest absolute Gasteiger partial charge is 0.139 e. The van der Waals surface area contributed by atoms with Crippen molar-refractivity contribution in [3.63, 3.8) is 0 Å². The zero-order valence-electron chi connectivity index (χ0n) is 11.0. The SMILES string of the molecule is c1cc2c(N[C@H]3CCNC3)c(-c3cn[nH]c3)cnc2[nH]1. The summed E-state index contributed by atoms with van der Waals surface area (Å²) in [6, 6.07) is 2.53. The van der Waals surface area contributed by atoms with E-state index in [0.29, 0.717) is 6.04 Å². The average Bonchev–Trinajstić information content (AvgIpc) is 3.21. The molecule has 3 aromatic rings. The van der Waals surface area contributed by atoms with Crippen LogP contribution in [0.3, 0.4) is 0 Å². The predicted molar refractivity (Wildman–Crippen MR) is 78.6 cm³/mol. The molecule has 4 N–H and O–H groups in total. The summed E-state index contributed by atoms with van der Waals surface area (Å²) in [7, 11) is 0. The van der Waals surface area contributed by atoms with Gasteiger partial charge in [0, 0.05) is 47.7 Å². The van der Waals surface area contributed by atoms with Crippen LogP contribution in [0.2, 0.25) is 0 Å². The second kappa shape index (κ2) is 4.64. The van der Waals surface area contributed by atoms with Crippen LogP contribution in [0, 0.1) is 0 Å². The maximum atomic E-state index is 4.48. The fourth-order valence-corrected chi connectivity index (χ4v) is 2.76. The molecule has 1 atom stereocenters. The molecule has 102 valence electrons. The summed E-state index contributed by atoms with van der Waals surface area (Å²) in [5, 5.41) is 15.1. The Hall–Kier alpha value is -2.34. The molecule has 1 fully saturated rings. The molecule has 1 aliphatic rings. The molecule has 0 bridgehead atoms. The van der Waals surface area contributed by atoms with E-state index in [1.165, 1.54) is 0 Å². The van der Waals surface area contributed by atoms with Crippen LogP contribution in [0.1, 0.15) is 6.42 Å². The van der Waals surface area contributed by atoms with E-state index in [1.807, 2.05) is 24.8 Å². The maximum absolute atomic E-state index is 4.48. The van der Waals surface area contributed by atoms with Gasteiger partial charge in [0.05, 0.1) is 11.9 Å². The van der Waals surface area contributed by atoms with Gasteiger partial charge in [0.15, 0.2) is 0 Å². The summed E-state index contributed by atoms with van der Waals surface area (Å²) >= 11 is 0.